The number of nitrogens with one attached hydrogen (secondary N) is 3. The summed E-state index contributed by atoms with van der Waals surface area (Å²) in [6, 6.07) is 15.8. The predicted molar refractivity (Wildman–Crippen MR) is 111 cm³/mol. The summed E-state index contributed by atoms with van der Waals surface area (Å²) in [6.07, 6.45) is 1.14. The van der Waals surface area contributed by atoms with Crippen molar-refractivity contribution in [1.29, 1.82) is 0 Å². The number of aromatic nitrogens is 2. The maximum Gasteiger partial charge on any atom is 0.354 e. The van der Waals surface area contributed by atoms with Gasteiger partial charge in [0.15, 0.2) is 6.61 Å². The van der Waals surface area contributed by atoms with E-state index in [-0.39, 0.29) is 24.8 Å². The highest BCUT2D eigenvalue weighted by atomic mass is 35.5. The number of amides is 1. The predicted octanol–water partition coefficient (Wildman–Crippen LogP) is 3.17. The molecule has 11 heteroatoms. The lowest BCUT2D eigenvalue weighted by atomic mass is 10.2. The second kappa shape index (κ2) is 10.0. The Kier molecular flexibility index (Phi) is 6.95. The average molecular weight is 429 g/mol. The van der Waals surface area contributed by atoms with Crippen LogP contribution in [0.5, 0.6) is 5.75 Å². The molecule has 0 fully saturated rings. The van der Waals surface area contributed by atoms with Gasteiger partial charge < -0.3 is 10.1 Å². The van der Waals surface area contributed by atoms with Gasteiger partial charge in [0.1, 0.15) is 12.1 Å². The van der Waals surface area contributed by atoms with Crippen molar-refractivity contribution in [2.45, 2.75) is 6.54 Å². The Morgan fingerprint density at radius 1 is 1.07 bits per heavy atom. The highest BCUT2D eigenvalue weighted by Gasteiger charge is 2.23. The number of nitro groups is 1. The van der Waals surface area contributed by atoms with E-state index in [2.05, 4.69) is 26.1 Å². The third kappa shape index (κ3) is 5.79. The van der Waals surface area contributed by atoms with Crippen LogP contribution in [0, 0.1) is 10.1 Å². The van der Waals surface area contributed by atoms with E-state index in [1.807, 2.05) is 6.07 Å². The van der Waals surface area contributed by atoms with E-state index in [9.17, 15) is 14.9 Å². The van der Waals surface area contributed by atoms with Gasteiger partial charge in [0.25, 0.3) is 5.91 Å². The normalized spacial score (nSPS) is 10.2. The number of hydrogen-bond acceptors (Lipinski definition) is 8. The fourth-order valence-electron chi connectivity index (χ4n) is 2.39. The minimum absolute atomic E-state index is 0.00207. The van der Waals surface area contributed by atoms with Crippen LogP contribution in [0.3, 0.4) is 0 Å². The van der Waals surface area contributed by atoms with Crippen LogP contribution in [0.15, 0.2) is 60.9 Å². The number of rotatable bonds is 9. The summed E-state index contributed by atoms with van der Waals surface area (Å²) in [4.78, 5) is 30.6. The molecule has 0 saturated heterocycles. The number of ether oxygens (including phenoxy) is 1. The molecule has 0 aliphatic carbocycles. The number of carbonyl (C=O) groups is 1. The van der Waals surface area contributed by atoms with E-state index in [1.165, 1.54) is 0 Å². The molecule has 0 aliphatic heterocycles. The zero-order valence-corrected chi connectivity index (χ0v) is 16.3. The summed E-state index contributed by atoms with van der Waals surface area (Å²) in [5.74, 6) is -0.180. The van der Waals surface area contributed by atoms with E-state index in [0.717, 1.165) is 11.9 Å². The van der Waals surface area contributed by atoms with Gasteiger partial charge in [-0.15, -0.1) is 0 Å². The van der Waals surface area contributed by atoms with Gasteiger partial charge in [0.05, 0.1) is 4.92 Å². The molecule has 2 aromatic carbocycles. The number of anilines is 2. The summed E-state index contributed by atoms with van der Waals surface area (Å²) in [6.45, 7) is 0.00328. The van der Waals surface area contributed by atoms with Crippen LogP contribution in [0.25, 0.3) is 0 Å². The highest BCUT2D eigenvalue weighted by molar-refractivity contribution is 6.30. The molecule has 0 radical (unpaired) electrons. The standard InChI is InChI=1S/C19H17ClN6O4/c20-14-8-6-13(7-9-14)10-21-18-17(26(28)29)19(23-12-22-18)25-24-16(27)11-30-15-4-2-1-3-5-15/h1-9,12H,10-11H2,(H,24,27)(H2,21,22,23,25). The molecule has 3 rings (SSSR count). The van der Waals surface area contributed by atoms with Crippen molar-refractivity contribution >= 4 is 34.8 Å². The number of para-hydroxylation sites is 1. The van der Waals surface area contributed by atoms with Crippen LogP contribution in [0.4, 0.5) is 17.3 Å². The first-order valence-corrected chi connectivity index (χ1v) is 9.11. The molecule has 0 spiro atoms. The molecular formula is C19H17ClN6O4. The quantitative estimate of drug-likeness (QED) is 0.350. The summed E-state index contributed by atoms with van der Waals surface area (Å²) in [5, 5.41) is 15.0. The Hall–Kier alpha value is -3.92. The van der Waals surface area contributed by atoms with Gasteiger partial charge >= 0.3 is 5.69 Å². The monoisotopic (exact) mass is 428 g/mol. The molecule has 1 aromatic heterocycles. The number of hydrazine groups is 1. The van der Waals surface area contributed by atoms with E-state index >= 15 is 0 Å². The molecule has 154 valence electrons. The Bertz CT molecular complexity index is 1020. The SMILES string of the molecule is O=C(COc1ccccc1)NNc1ncnc(NCc2ccc(Cl)cc2)c1[N+](=O)[O-]. The molecule has 1 heterocycles. The van der Waals surface area contributed by atoms with Crippen LogP contribution in [-0.2, 0) is 11.3 Å². The molecule has 3 N–H and O–H groups in total. The van der Waals surface area contributed by atoms with Gasteiger partial charge in [0, 0.05) is 11.6 Å². The van der Waals surface area contributed by atoms with Gasteiger partial charge in [-0.2, -0.15) is 0 Å². The van der Waals surface area contributed by atoms with Crippen molar-refractivity contribution in [3.05, 3.63) is 81.6 Å². The van der Waals surface area contributed by atoms with Crippen LogP contribution < -0.4 is 20.9 Å². The first kappa shape index (κ1) is 20.8. The third-order valence-corrected chi connectivity index (χ3v) is 4.06. The second-order valence-corrected chi connectivity index (χ2v) is 6.37. The fourth-order valence-corrected chi connectivity index (χ4v) is 2.52. The van der Waals surface area contributed by atoms with Gasteiger partial charge in [-0.1, -0.05) is 41.9 Å². The smallest absolute Gasteiger partial charge is 0.354 e. The van der Waals surface area contributed by atoms with E-state index in [0.29, 0.717) is 10.8 Å². The van der Waals surface area contributed by atoms with E-state index in [1.54, 1.807) is 48.5 Å². The lowest BCUT2D eigenvalue weighted by Gasteiger charge is -2.11. The maximum atomic E-state index is 12.0. The molecule has 1 amide bonds. The topological polar surface area (TPSA) is 131 Å². The second-order valence-electron chi connectivity index (χ2n) is 5.93. The number of benzene rings is 2. The Morgan fingerprint density at radius 2 is 1.77 bits per heavy atom. The van der Waals surface area contributed by atoms with Crippen LogP contribution >= 0.6 is 11.6 Å². The number of nitrogens with zero attached hydrogens (tertiary/aromatic N) is 3. The Morgan fingerprint density at radius 3 is 2.47 bits per heavy atom. The molecule has 30 heavy (non-hydrogen) atoms. The Balaban J connectivity index is 1.62. The fraction of sp³-hybridized carbons (Fsp3) is 0.105. The molecule has 0 saturated carbocycles. The zero-order valence-electron chi connectivity index (χ0n) is 15.5. The van der Waals surface area contributed by atoms with Crippen LogP contribution in [0.2, 0.25) is 5.02 Å². The summed E-state index contributed by atoms with van der Waals surface area (Å²) < 4.78 is 5.31. The van der Waals surface area contributed by atoms with Crippen molar-refractivity contribution in [3.63, 3.8) is 0 Å². The molecule has 3 aromatic rings. The minimum Gasteiger partial charge on any atom is -0.484 e. The summed E-state index contributed by atoms with van der Waals surface area (Å²) in [5.41, 5.74) is 5.22. The van der Waals surface area contributed by atoms with Gasteiger partial charge in [0.2, 0.25) is 11.6 Å². The summed E-state index contributed by atoms with van der Waals surface area (Å²) >= 11 is 5.85. The largest absolute Gasteiger partial charge is 0.484 e. The first-order chi connectivity index (χ1) is 14.5. The van der Waals surface area contributed by atoms with Crippen LogP contribution in [0.1, 0.15) is 5.56 Å². The van der Waals surface area contributed by atoms with Crippen molar-refractivity contribution in [2.75, 3.05) is 17.3 Å². The summed E-state index contributed by atoms with van der Waals surface area (Å²) in [7, 11) is 0. The molecule has 0 atom stereocenters. The number of hydrogen-bond donors (Lipinski definition) is 3. The van der Waals surface area contributed by atoms with Crippen LogP contribution in [-0.4, -0.2) is 27.4 Å². The van der Waals surface area contributed by atoms with Gasteiger partial charge in [-0.25, -0.2) is 9.97 Å². The Labute approximate surface area is 176 Å². The third-order valence-electron chi connectivity index (χ3n) is 3.81. The molecule has 0 aliphatic rings. The van der Waals surface area contributed by atoms with Crippen molar-refractivity contribution < 1.29 is 14.5 Å². The lowest BCUT2D eigenvalue weighted by Crippen LogP contribution is -2.34. The minimum atomic E-state index is -0.640. The van der Waals surface area contributed by atoms with E-state index < -0.39 is 16.5 Å². The van der Waals surface area contributed by atoms with Crippen molar-refractivity contribution in [1.82, 2.24) is 15.4 Å². The first-order valence-electron chi connectivity index (χ1n) is 8.73. The van der Waals surface area contributed by atoms with Gasteiger partial charge in [-0.05, 0) is 29.8 Å². The average Bonchev–Trinajstić information content (AvgIpc) is 2.76. The molecule has 10 nitrogen and oxygen atoms in total. The highest BCUT2D eigenvalue weighted by Crippen LogP contribution is 2.28. The van der Waals surface area contributed by atoms with Gasteiger partial charge in [-0.3, -0.25) is 25.8 Å². The lowest BCUT2D eigenvalue weighted by molar-refractivity contribution is -0.383. The number of carbonyl (C=O) groups excluding carboxylic acids is 1. The molecule has 0 unspecified atom stereocenters. The van der Waals surface area contributed by atoms with E-state index in [4.69, 9.17) is 16.3 Å². The maximum absolute atomic E-state index is 12.0. The van der Waals surface area contributed by atoms with Crippen molar-refractivity contribution in [2.24, 2.45) is 0 Å². The molecular weight excluding hydrogens is 412 g/mol. The zero-order chi connectivity index (χ0) is 21.3. The number of halogens is 1. The van der Waals surface area contributed by atoms with Crippen molar-refractivity contribution in [3.8, 4) is 5.75 Å². The molecule has 0 bridgehead atoms.